The van der Waals surface area contributed by atoms with Crippen molar-refractivity contribution in [3.05, 3.63) is 96.0 Å². The van der Waals surface area contributed by atoms with Gasteiger partial charge in [-0.2, -0.15) is 0 Å². The minimum atomic E-state index is -0.229. The van der Waals surface area contributed by atoms with Crippen LogP contribution >= 0.6 is 34.9 Å². The number of aryl methyl sites for hydroxylation is 1. The maximum absolute atomic E-state index is 13.6. The number of hydrogen-bond acceptors (Lipinski definition) is 5. The minimum Gasteiger partial charge on any atom is -0.338 e. The van der Waals surface area contributed by atoms with Crippen molar-refractivity contribution in [1.29, 1.82) is 0 Å². The van der Waals surface area contributed by atoms with Gasteiger partial charge in [-0.05, 0) is 67.5 Å². The van der Waals surface area contributed by atoms with Gasteiger partial charge in [-0.1, -0.05) is 49.2 Å². The molecule has 4 rings (SSSR count). The lowest BCUT2D eigenvalue weighted by Gasteiger charge is -2.12. The third-order valence-electron chi connectivity index (χ3n) is 5.33. The second-order valence-corrected chi connectivity index (χ2v) is 10.8. The van der Waals surface area contributed by atoms with Gasteiger partial charge < -0.3 is 4.90 Å². The summed E-state index contributed by atoms with van der Waals surface area (Å²) in [5.74, 6) is -0.229. The predicted octanol–water partition coefficient (Wildman–Crippen LogP) is 5.58. The van der Waals surface area contributed by atoms with E-state index in [-0.39, 0.29) is 11.4 Å². The molecule has 0 amide bonds. The van der Waals surface area contributed by atoms with Crippen LogP contribution in [0.5, 0.6) is 0 Å². The molecule has 33 heavy (non-hydrogen) atoms. The van der Waals surface area contributed by atoms with E-state index in [1.165, 1.54) is 39.7 Å². The number of nitrogens with zero attached hydrogens (tertiary/aromatic N) is 2. The van der Waals surface area contributed by atoms with E-state index in [4.69, 9.17) is 0 Å². The molecule has 0 radical (unpaired) electrons. The van der Waals surface area contributed by atoms with Crippen molar-refractivity contribution >= 4 is 52.7 Å². The van der Waals surface area contributed by atoms with Crippen LogP contribution in [0.15, 0.2) is 79.6 Å². The molecule has 170 valence electrons. The molecular weight excluding hydrogens is 471 g/mol. The molecule has 2 aromatic carbocycles. The van der Waals surface area contributed by atoms with Crippen molar-refractivity contribution in [1.82, 2.24) is 4.57 Å². The van der Waals surface area contributed by atoms with Crippen LogP contribution < -0.4 is 19.7 Å². The Bertz CT molecular complexity index is 1420. The van der Waals surface area contributed by atoms with Gasteiger partial charge in [0.1, 0.15) is 5.82 Å². The van der Waals surface area contributed by atoms with E-state index in [2.05, 4.69) is 23.6 Å². The van der Waals surface area contributed by atoms with E-state index in [1.54, 1.807) is 28.5 Å². The monoisotopic (exact) mass is 496 g/mol. The number of para-hydroxylation sites is 1. The normalized spacial score (nSPS) is 15.5. The molecule has 0 saturated carbocycles. The molecule has 0 aliphatic carbocycles. The number of thiazole rings is 1. The van der Waals surface area contributed by atoms with Crippen LogP contribution in [0.2, 0.25) is 0 Å². The first-order valence-corrected chi connectivity index (χ1v) is 13.1. The molecule has 1 aliphatic rings. The zero-order chi connectivity index (χ0) is 23.5. The summed E-state index contributed by atoms with van der Waals surface area (Å²) in [6.45, 7) is 8.73. The van der Waals surface area contributed by atoms with Gasteiger partial charge in [-0.25, -0.2) is 4.39 Å². The summed E-state index contributed by atoms with van der Waals surface area (Å²) in [7, 11) is 2.04. The third-order valence-corrected chi connectivity index (χ3v) is 8.59. The Hall–Kier alpha value is -2.48. The SMILES string of the molecule is C=C(/C=c1\s/c(=C\C=C2/Sc3ccccc3N2C)c(=O)n1CC)Sc1ccc(F)cc1CC. The summed E-state index contributed by atoms with van der Waals surface area (Å²) < 4.78 is 16.9. The highest BCUT2D eigenvalue weighted by molar-refractivity contribution is 8.04. The number of rotatable bonds is 6. The van der Waals surface area contributed by atoms with E-state index in [0.29, 0.717) is 11.1 Å². The van der Waals surface area contributed by atoms with Crippen LogP contribution in [-0.2, 0) is 13.0 Å². The average Bonchev–Trinajstić information content (AvgIpc) is 3.29. The van der Waals surface area contributed by atoms with Gasteiger partial charge in [0.2, 0.25) is 0 Å². The van der Waals surface area contributed by atoms with Crippen LogP contribution in [0.4, 0.5) is 10.1 Å². The number of halogens is 1. The summed E-state index contributed by atoms with van der Waals surface area (Å²) in [6, 6.07) is 13.1. The lowest BCUT2D eigenvalue weighted by atomic mass is 10.2. The minimum absolute atomic E-state index is 0.00240. The predicted molar refractivity (Wildman–Crippen MR) is 142 cm³/mol. The molecule has 7 heteroatoms. The Labute approximate surface area is 205 Å². The molecule has 0 N–H and O–H groups in total. The molecule has 2 heterocycles. The van der Waals surface area contributed by atoms with Gasteiger partial charge in [0, 0.05) is 28.3 Å². The fourth-order valence-electron chi connectivity index (χ4n) is 3.60. The maximum atomic E-state index is 13.6. The first kappa shape index (κ1) is 23.7. The Morgan fingerprint density at radius 2 is 1.97 bits per heavy atom. The van der Waals surface area contributed by atoms with Crippen LogP contribution in [0.25, 0.3) is 12.2 Å². The topological polar surface area (TPSA) is 25.2 Å². The van der Waals surface area contributed by atoms with Crippen LogP contribution in [-0.4, -0.2) is 11.6 Å². The smallest absolute Gasteiger partial charge is 0.269 e. The van der Waals surface area contributed by atoms with Crippen LogP contribution in [0, 0.1) is 5.82 Å². The maximum Gasteiger partial charge on any atom is 0.269 e. The number of benzene rings is 2. The van der Waals surface area contributed by atoms with Crippen molar-refractivity contribution in [2.24, 2.45) is 0 Å². The standard InChI is InChI=1S/C26H25FN2OS3/c1-5-18-16-19(27)11-12-21(18)31-17(3)15-25-29(6-2)26(30)23(33-25)13-14-24-28(4)20-9-7-8-10-22(20)32-24/h7-16H,3,5-6H2,1-2,4H3/b23-13-,24-14-,25-15-. The zero-order valence-electron chi connectivity index (χ0n) is 18.8. The number of allylic oxidation sites excluding steroid dienone is 2. The molecule has 0 unspecified atom stereocenters. The van der Waals surface area contributed by atoms with Gasteiger partial charge in [-0.3, -0.25) is 9.36 Å². The van der Waals surface area contributed by atoms with E-state index in [9.17, 15) is 9.18 Å². The number of hydrogen-bond donors (Lipinski definition) is 0. The van der Waals surface area contributed by atoms with Gasteiger partial charge >= 0.3 is 0 Å². The zero-order valence-corrected chi connectivity index (χ0v) is 21.2. The largest absolute Gasteiger partial charge is 0.338 e. The molecule has 0 atom stereocenters. The Morgan fingerprint density at radius 3 is 2.70 bits per heavy atom. The van der Waals surface area contributed by atoms with E-state index < -0.39 is 0 Å². The average molecular weight is 497 g/mol. The van der Waals surface area contributed by atoms with Crippen molar-refractivity contribution in [2.75, 3.05) is 11.9 Å². The lowest BCUT2D eigenvalue weighted by molar-refractivity contribution is 0.624. The Kier molecular flexibility index (Phi) is 7.32. The first-order valence-electron chi connectivity index (χ1n) is 10.7. The van der Waals surface area contributed by atoms with E-state index >= 15 is 0 Å². The van der Waals surface area contributed by atoms with Crippen molar-refractivity contribution in [3.63, 3.8) is 0 Å². The molecule has 0 fully saturated rings. The van der Waals surface area contributed by atoms with Gasteiger partial charge in [-0.15, -0.1) is 11.3 Å². The summed E-state index contributed by atoms with van der Waals surface area (Å²) >= 11 is 4.67. The second-order valence-electron chi connectivity index (χ2n) is 7.47. The quantitative estimate of drug-likeness (QED) is 0.416. The fraction of sp³-hybridized carbons (Fsp3) is 0.192. The number of fused-ring (bicyclic) bond motifs is 1. The molecule has 0 spiro atoms. The van der Waals surface area contributed by atoms with Crippen molar-refractivity contribution < 1.29 is 4.39 Å². The van der Waals surface area contributed by atoms with E-state index in [0.717, 1.165) is 31.5 Å². The highest BCUT2D eigenvalue weighted by Crippen LogP contribution is 2.44. The van der Waals surface area contributed by atoms with Gasteiger partial charge in [0.25, 0.3) is 5.56 Å². The molecule has 3 nitrogen and oxygen atoms in total. The molecule has 3 aromatic rings. The molecule has 1 aromatic heterocycles. The Balaban J connectivity index is 1.65. The first-order chi connectivity index (χ1) is 15.9. The van der Waals surface area contributed by atoms with Gasteiger partial charge in [0.15, 0.2) is 0 Å². The van der Waals surface area contributed by atoms with Gasteiger partial charge in [0.05, 0.1) is 19.9 Å². The van der Waals surface area contributed by atoms with Crippen LogP contribution in [0.3, 0.4) is 0 Å². The summed E-state index contributed by atoms with van der Waals surface area (Å²) in [5, 5.41) is 1.08. The highest BCUT2D eigenvalue weighted by atomic mass is 32.2. The molecular formula is C26H25FN2OS3. The molecule has 0 saturated heterocycles. The lowest BCUT2D eigenvalue weighted by Crippen LogP contribution is -2.30. The number of thioether (sulfide) groups is 2. The fourth-order valence-corrected chi connectivity index (χ4v) is 6.74. The highest BCUT2D eigenvalue weighted by Gasteiger charge is 2.20. The van der Waals surface area contributed by atoms with Crippen molar-refractivity contribution in [3.8, 4) is 0 Å². The molecule has 1 aliphatic heterocycles. The van der Waals surface area contributed by atoms with Crippen molar-refractivity contribution in [2.45, 2.75) is 36.6 Å². The number of anilines is 1. The number of aromatic nitrogens is 1. The summed E-state index contributed by atoms with van der Waals surface area (Å²) in [5.41, 5.74) is 2.13. The van der Waals surface area contributed by atoms with E-state index in [1.807, 2.05) is 51.3 Å². The van der Waals surface area contributed by atoms with Crippen LogP contribution in [0.1, 0.15) is 19.4 Å². The Morgan fingerprint density at radius 1 is 1.18 bits per heavy atom. The summed E-state index contributed by atoms with van der Waals surface area (Å²) in [4.78, 5) is 18.1. The summed E-state index contributed by atoms with van der Waals surface area (Å²) in [6.07, 6.45) is 6.61. The molecule has 0 bridgehead atoms. The third kappa shape index (κ3) is 5.05. The second kappa shape index (κ2) is 10.2.